The highest BCUT2D eigenvalue weighted by molar-refractivity contribution is 5.41. The van der Waals surface area contributed by atoms with Gasteiger partial charge in [0.15, 0.2) is 0 Å². The Balaban J connectivity index is 2.40. The van der Waals surface area contributed by atoms with Crippen molar-refractivity contribution >= 4 is 0 Å². The maximum Gasteiger partial charge on any atom is 0.124 e. The van der Waals surface area contributed by atoms with Crippen molar-refractivity contribution in [3.63, 3.8) is 0 Å². The molecule has 0 fully saturated rings. The van der Waals surface area contributed by atoms with Crippen molar-refractivity contribution in [2.24, 2.45) is 5.73 Å². The Morgan fingerprint density at radius 3 is 2.50 bits per heavy atom. The maximum absolute atomic E-state index is 6.40. The van der Waals surface area contributed by atoms with E-state index in [-0.39, 0.29) is 12.1 Å². The summed E-state index contributed by atoms with van der Waals surface area (Å²) in [5, 5.41) is 0. The van der Waals surface area contributed by atoms with Crippen LogP contribution in [0.2, 0.25) is 0 Å². The second kappa shape index (κ2) is 6.06. The second-order valence-electron chi connectivity index (χ2n) is 5.40. The van der Waals surface area contributed by atoms with E-state index in [4.69, 9.17) is 10.5 Å². The van der Waals surface area contributed by atoms with Gasteiger partial charge < -0.3 is 10.5 Å². The molecule has 0 saturated carbocycles. The molecule has 0 aliphatic heterocycles. The normalized spacial score (nSPS) is 12.5. The van der Waals surface area contributed by atoms with Gasteiger partial charge in [-0.15, -0.1) is 0 Å². The summed E-state index contributed by atoms with van der Waals surface area (Å²) in [6.07, 6.45) is 1.98. The molecule has 0 saturated heterocycles. The van der Waals surface area contributed by atoms with Gasteiger partial charge in [0.2, 0.25) is 0 Å². The van der Waals surface area contributed by atoms with Gasteiger partial charge in [0.05, 0.1) is 17.8 Å². The van der Waals surface area contributed by atoms with Gasteiger partial charge in [0, 0.05) is 11.8 Å². The lowest BCUT2D eigenvalue weighted by Gasteiger charge is -2.19. The first-order valence-corrected chi connectivity index (χ1v) is 6.93. The van der Waals surface area contributed by atoms with Gasteiger partial charge in [-0.1, -0.05) is 24.3 Å². The van der Waals surface area contributed by atoms with Gasteiger partial charge >= 0.3 is 0 Å². The fourth-order valence-corrected chi connectivity index (χ4v) is 2.30. The number of ether oxygens (including phenoxy) is 1. The third kappa shape index (κ3) is 3.17. The molecule has 0 bridgehead atoms. The van der Waals surface area contributed by atoms with Crippen molar-refractivity contribution in [3.8, 4) is 5.75 Å². The summed E-state index contributed by atoms with van der Waals surface area (Å²) in [4.78, 5) is 4.49. The minimum Gasteiger partial charge on any atom is -0.491 e. The third-order valence-electron chi connectivity index (χ3n) is 3.17. The smallest absolute Gasteiger partial charge is 0.124 e. The Morgan fingerprint density at radius 1 is 1.15 bits per heavy atom. The number of para-hydroxylation sites is 1. The monoisotopic (exact) mass is 270 g/mol. The first-order valence-electron chi connectivity index (χ1n) is 6.93. The number of nitrogens with zero attached hydrogens (tertiary/aromatic N) is 1. The molecule has 0 amide bonds. The fraction of sp³-hybridized carbons (Fsp3) is 0.353. The lowest BCUT2D eigenvalue weighted by atomic mass is 9.99. The number of pyridine rings is 1. The van der Waals surface area contributed by atoms with Gasteiger partial charge in [-0.3, -0.25) is 4.98 Å². The number of aromatic nitrogens is 1. The maximum atomic E-state index is 6.40. The second-order valence-corrected chi connectivity index (χ2v) is 5.40. The van der Waals surface area contributed by atoms with Crippen LogP contribution in [-0.2, 0) is 0 Å². The number of hydrogen-bond acceptors (Lipinski definition) is 3. The highest BCUT2D eigenvalue weighted by atomic mass is 16.5. The van der Waals surface area contributed by atoms with Crippen molar-refractivity contribution in [2.45, 2.75) is 39.8 Å². The van der Waals surface area contributed by atoms with Crippen molar-refractivity contribution in [1.82, 2.24) is 4.98 Å². The van der Waals surface area contributed by atoms with E-state index in [1.807, 2.05) is 58.2 Å². The average molecular weight is 270 g/mol. The molecule has 3 nitrogen and oxygen atoms in total. The Bertz CT molecular complexity index is 593. The molecule has 2 N–H and O–H groups in total. The van der Waals surface area contributed by atoms with Crippen LogP contribution in [0.4, 0.5) is 0 Å². The fourth-order valence-electron chi connectivity index (χ4n) is 2.30. The molecule has 1 aromatic heterocycles. The van der Waals surface area contributed by atoms with E-state index >= 15 is 0 Å². The van der Waals surface area contributed by atoms with Gasteiger partial charge in [-0.25, -0.2) is 0 Å². The largest absolute Gasteiger partial charge is 0.491 e. The van der Waals surface area contributed by atoms with E-state index < -0.39 is 0 Å². The van der Waals surface area contributed by atoms with Crippen LogP contribution in [0.5, 0.6) is 5.75 Å². The summed E-state index contributed by atoms with van der Waals surface area (Å²) in [6.45, 7) is 8.10. The molecule has 0 spiro atoms. The Labute approximate surface area is 120 Å². The number of benzene rings is 1. The van der Waals surface area contributed by atoms with Crippen molar-refractivity contribution in [3.05, 3.63) is 58.9 Å². The van der Waals surface area contributed by atoms with Crippen LogP contribution in [0.15, 0.2) is 36.5 Å². The van der Waals surface area contributed by atoms with Crippen molar-refractivity contribution < 1.29 is 4.74 Å². The zero-order chi connectivity index (χ0) is 14.7. The number of nitrogens with two attached hydrogens (primary N) is 1. The van der Waals surface area contributed by atoms with Crippen LogP contribution < -0.4 is 10.5 Å². The SMILES string of the molecule is Cc1cnc(C(N)c2ccccc2OC(C)C)c(C)c1. The molecular weight excluding hydrogens is 248 g/mol. The average Bonchev–Trinajstić information content (AvgIpc) is 2.38. The van der Waals surface area contributed by atoms with E-state index in [0.29, 0.717) is 0 Å². The lowest BCUT2D eigenvalue weighted by Crippen LogP contribution is -2.17. The highest BCUT2D eigenvalue weighted by Gasteiger charge is 2.17. The molecule has 2 aromatic rings. The molecule has 2 rings (SSSR count). The molecule has 1 aromatic carbocycles. The van der Waals surface area contributed by atoms with E-state index in [9.17, 15) is 0 Å². The van der Waals surface area contributed by atoms with Crippen LogP contribution in [0, 0.1) is 13.8 Å². The van der Waals surface area contributed by atoms with Crippen molar-refractivity contribution in [1.29, 1.82) is 0 Å². The van der Waals surface area contributed by atoms with Gasteiger partial charge in [-0.05, 0) is 44.9 Å². The predicted octanol–water partition coefficient (Wildman–Crippen LogP) is 3.53. The summed E-state index contributed by atoms with van der Waals surface area (Å²) in [5.74, 6) is 0.830. The first kappa shape index (κ1) is 14.5. The number of hydrogen-bond donors (Lipinski definition) is 1. The predicted molar refractivity (Wildman–Crippen MR) is 81.9 cm³/mol. The molecule has 0 aliphatic rings. The topological polar surface area (TPSA) is 48.1 Å². The van der Waals surface area contributed by atoms with E-state index in [1.165, 1.54) is 0 Å². The van der Waals surface area contributed by atoms with Crippen LogP contribution in [0.3, 0.4) is 0 Å². The molecule has 0 aliphatic carbocycles. The zero-order valence-electron chi connectivity index (χ0n) is 12.6. The lowest BCUT2D eigenvalue weighted by molar-refractivity contribution is 0.239. The van der Waals surface area contributed by atoms with Crippen LogP contribution in [0.1, 0.15) is 42.3 Å². The summed E-state index contributed by atoms with van der Waals surface area (Å²) in [5.41, 5.74) is 10.5. The highest BCUT2D eigenvalue weighted by Crippen LogP contribution is 2.29. The van der Waals surface area contributed by atoms with Gasteiger partial charge in [0.25, 0.3) is 0 Å². The first-order chi connectivity index (χ1) is 9.49. The summed E-state index contributed by atoms with van der Waals surface area (Å²) in [7, 11) is 0. The van der Waals surface area contributed by atoms with Gasteiger partial charge in [0.1, 0.15) is 5.75 Å². The third-order valence-corrected chi connectivity index (χ3v) is 3.17. The quantitative estimate of drug-likeness (QED) is 0.924. The molecule has 20 heavy (non-hydrogen) atoms. The molecule has 3 heteroatoms. The number of aryl methyl sites for hydroxylation is 2. The van der Waals surface area contributed by atoms with E-state index in [0.717, 1.165) is 28.1 Å². The van der Waals surface area contributed by atoms with Crippen LogP contribution >= 0.6 is 0 Å². The molecule has 1 unspecified atom stereocenters. The summed E-state index contributed by atoms with van der Waals surface area (Å²) < 4.78 is 5.84. The summed E-state index contributed by atoms with van der Waals surface area (Å²) >= 11 is 0. The standard InChI is InChI=1S/C17H22N2O/c1-11(2)20-15-8-6-5-7-14(15)16(18)17-13(4)9-12(3)10-19-17/h5-11,16H,18H2,1-4H3. The van der Waals surface area contributed by atoms with Crippen LogP contribution in [-0.4, -0.2) is 11.1 Å². The van der Waals surface area contributed by atoms with E-state index in [1.54, 1.807) is 0 Å². The van der Waals surface area contributed by atoms with Gasteiger partial charge in [-0.2, -0.15) is 0 Å². The minimum absolute atomic E-state index is 0.121. The minimum atomic E-state index is -0.273. The Kier molecular flexibility index (Phi) is 4.40. The molecule has 1 heterocycles. The van der Waals surface area contributed by atoms with E-state index in [2.05, 4.69) is 11.1 Å². The van der Waals surface area contributed by atoms with Crippen molar-refractivity contribution in [2.75, 3.05) is 0 Å². The zero-order valence-corrected chi connectivity index (χ0v) is 12.6. The molecule has 106 valence electrons. The molecular formula is C17H22N2O. The molecule has 0 radical (unpaired) electrons. The molecule has 1 atom stereocenters. The summed E-state index contributed by atoms with van der Waals surface area (Å²) in [6, 6.07) is 9.73. The van der Waals surface area contributed by atoms with Crippen LogP contribution in [0.25, 0.3) is 0 Å². The Morgan fingerprint density at radius 2 is 1.85 bits per heavy atom. The Hall–Kier alpha value is -1.87. The number of rotatable bonds is 4.